The third kappa shape index (κ3) is 3.15. The topological polar surface area (TPSA) is 82.3 Å². The monoisotopic (exact) mass is 324 g/mol. The number of carbonyl (C=O) groups is 2. The molecule has 24 heavy (non-hydrogen) atoms. The predicted molar refractivity (Wildman–Crippen MR) is 91.3 cm³/mol. The normalized spacial score (nSPS) is 19.9. The van der Waals surface area contributed by atoms with Gasteiger partial charge in [0.2, 0.25) is 0 Å². The Morgan fingerprint density at radius 2 is 1.71 bits per heavy atom. The maximum atomic E-state index is 12.7. The van der Waals surface area contributed by atoms with E-state index < -0.39 is 0 Å². The third-order valence-corrected chi connectivity index (χ3v) is 4.62. The van der Waals surface area contributed by atoms with Crippen molar-refractivity contribution in [2.45, 2.75) is 19.3 Å². The van der Waals surface area contributed by atoms with Crippen LogP contribution in [0.1, 0.15) is 29.8 Å². The molecule has 0 bridgehead atoms. The van der Waals surface area contributed by atoms with Crippen molar-refractivity contribution in [1.82, 2.24) is 4.98 Å². The quantitative estimate of drug-likeness (QED) is 0.531. The summed E-state index contributed by atoms with van der Waals surface area (Å²) in [4.78, 5) is 28.8. The summed E-state index contributed by atoms with van der Waals surface area (Å²) in [6.07, 6.45) is 3.95. The minimum atomic E-state index is -0.346. The molecule has 124 valence electrons. The number of anilines is 1. The van der Waals surface area contributed by atoms with Crippen molar-refractivity contribution < 1.29 is 14.3 Å². The Kier molecular flexibility index (Phi) is 4.60. The van der Waals surface area contributed by atoms with Crippen LogP contribution in [0.2, 0.25) is 0 Å². The van der Waals surface area contributed by atoms with E-state index in [4.69, 9.17) is 10.5 Å². The molecule has 0 amide bonds. The zero-order valence-electron chi connectivity index (χ0n) is 13.6. The molecule has 1 heterocycles. The van der Waals surface area contributed by atoms with Crippen LogP contribution in [-0.2, 0) is 9.53 Å². The lowest BCUT2D eigenvalue weighted by atomic mass is 9.90. The lowest BCUT2D eigenvalue weighted by Crippen LogP contribution is -2.27. The number of Topliss-reactive ketones (excluding diaryl/α,β-unsaturated/α-hetero) is 1. The molecule has 1 aliphatic rings. The second-order valence-electron chi connectivity index (χ2n) is 6.09. The number of pyridine rings is 1. The molecule has 0 aliphatic heterocycles. The summed E-state index contributed by atoms with van der Waals surface area (Å²) in [6.45, 7) is 0. The van der Waals surface area contributed by atoms with Crippen LogP contribution in [0.4, 0.5) is 5.69 Å². The Hall–Kier alpha value is -2.69. The first kappa shape index (κ1) is 16.2. The van der Waals surface area contributed by atoms with Gasteiger partial charge in [-0.15, -0.1) is 0 Å². The van der Waals surface area contributed by atoms with Gasteiger partial charge in [0, 0.05) is 23.4 Å². The highest BCUT2D eigenvalue weighted by molar-refractivity contribution is 5.99. The first-order valence-corrected chi connectivity index (χ1v) is 8.04. The molecule has 5 heteroatoms. The van der Waals surface area contributed by atoms with Crippen LogP contribution in [0.3, 0.4) is 0 Å². The number of rotatable bonds is 4. The lowest BCUT2D eigenvalue weighted by Gasteiger charge is -2.15. The SMILES string of the molecule is COC(=O)[C@@H]1CCC[C@H]1C(=O)c1ccc(-c2ccc(N)cc2)cn1. The van der Waals surface area contributed by atoms with Gasteiger partial charge in [-0.1, -0.05) is 24.6 Å². The highest BCUT2D eigenvalue weighted by atomic mass is 16.5. The van der Waals surface area contributed by atoms with Crippen LogP contribution < -0.4 is 5.73 Å². The van der Waals surface area contributed by atoms with Gasteiger partial charge in [0.05, 0.1) is 13.0 Å². The van der Waals surface area contributed by atoms with E-state index in [-0.39, 0.29) is 23.6 Å². The van der Waals surface area contributed by atoms with Gasteiger partial charge < -0.3 is 10.5 Å². The Labute approximate surface area is 140 Å². The predicted octanol–water partition coefficient (Wildman–Crippen LogP) is 3.10. The van der Waals surface area contributed by atoms with Crippen LogP contribution in [0.5, 0.6) is 0 Å². The second-order valence-corrected chi connectivity index (χ2v) is 6.09. The van der Waals surface area contributed by atoms with Gasteiger partial charge in [-0.05, 0) is 36.6 Å². The summed E-state index contributed by atoms with van der Waals surface area (Å²) in [5.74, 6) is -1.05. The number of hydrogen-bond donors (Lipinski definition) is 1. The fourth-order valence-corrected chi connectivity index (χ4v) is 3.28. The molecule has 1 aliphatic carbocycles. The number of aromatic nitrogens is 1. The summed E-state index contributed by atoms with van der Waals surface area (Å²) in [6, 6.07) is 11.1. The van der Waals surface area contributed by atoms with E-state index in [9.17, 15) is 9.59 Å². The van der Waals surface area contributed by atoms with E-state index in [1.807, 2.05) is 30.3 Å². The lowest BCUT2D eigenvalue weighted by molar-refractivity contribution is -0.146. The highest BCUT2D eigenvalue weighted by Crippen LogP contribution is 2.35. The van der Waals surface area contributed by atoms with Crippen molar-refractivity contribution in [3.63, 3.8) is 0 Å². The van der Waals surface area contributed by atoms with E-state index >= 15 is 0 Å². The van der Waals surface area contributed by atoms with E-state index in [1.54, 1.807) is 12.3 Å². The number of carbonyl (C=O) groups excluding carboxylic acids is 2. The van der Waals surface area contributed by atoms with Gasteiger partial charge in [0.15, 0.2) is 5.78 Å². The van der Waals surface area contributed by atoms with Gasteiger partial charge >= 0.3 is 5.97 Å². The van der Waals surface area contributed by atoms with E-state index in [1.165, 1.54) is 7.11 Å². The van der Waals surface area contributed by atoms with Crippen molar-refractivity contribution in [1.29, 1.82) is 0 Å². The first-order chi connectivity index (χ1) is 11.6. The molecular formula is C19H20N2O3. The Morgan fingerprint density at radius 3 is 2.33 bits per heavy atom. The van der Waals surface area contributed by atoms with Gasteiger partial charge in [-0.2, -0.15) is 0 Å². The van der Waals surface area contributed by atoms with Crippen molar-refractivity contribution in [3.05, 3.63) is 48.3 Å². The van der Waals surface area contributed by atoms with Gasteiger partial charge in [0.1, 0.15) is 5.69 Å². The minimum Gasteiger partial charge on any atom is -0.469 e. The summed E-state index contributed by atoms with van der Waals surface area (Å²) in [5.41, 5.74) is 8.70. The fraction of sp³-hybridized carbons (Fsp3) is 0.316. The minimum absolute atomic E-state index is 0.0771. The molecule has 2 aromatic rings. The highest BCUT2D eigenvalue weighted by Gasteiger charge is 2.39. The Bertz CT molecular complexity index is 738. The molecular weight excluding hydrogens is 304 g/mol. The van der Waals surface area contributed by atoms with E-state index in [2.05, 4.69) is 4.98 Å². The van der Waals surface area contributed by atoms with Crippen molar-refractivity contribution in [2.24, 2.45) is 11.8 Å². The number of nitrogens with zero attached hydrogens (tertiary/aromatic N) is 1. The van der Waals surface area contributed by atoms with Gasteiger partial charge in [0.25, 0.3) is 0 Å². The van der Waals surface area contributed by atoms with Crippen LogP contribution in [0, 0.1) is 11.8 Å². The third-order valence-electron chi connectivity index (χ3n) is 4.62. The molecule has 0 unspecified atom stereocenters. The Morgan fingerprint density at radius 1 is 1.04 bits per heavy atom. The summed E-state index contributed by atoms with van der Waals surface area (Å²) in [5, 5.41) is 0. The average molecular weight is 324 g/mol. The molecule has 1 fully saturated rings. The molecule has 0 saturated heterocycles. The van der Waals surface area contributed by atoms with Gasteiger partial charge in [-0.3, -0.25) is 14.6 Å². The van der Waals surface area contributed by atoms with E-state index in [0.717, 1.165) is 17.5 Å². The maximum Gasteiger partial charge on any atom is 0.309 e. The molecule has 1 aromatic carbocycles. The van der Waals surface area contributed by atoms with Crippen molar-refractivity contribution in [2.75, 3.05) is 12.8 Å². The smallest absolute Gasteiger partial charge is 0.309 e. The first-order valence-electron chi connectivity index (χ1n) is 8.04. The number of nitrogens with two attached hydrogens (primary N) is 1. The molecule has 2 N–H and O–H groups in total. The number of nitrogen functional groups attached to an aromatic ring is 1. The molecule has 0 spiro atoms. The van der Waals surface area contributed by atoms with Crippen LogP contribution in [-0.4, -0.2) is 23.8 Å². The van der Waals surface area contributed by atoms with Gasteiger partial charge in [-0.25, -0.2) is 0 Å². The molecule has 0 radical (unpaired) electrons. The molecule has 5 nitrogen and oxygen atoms in total. The van der Waals surface area contributed by atoms with Crippen molar-refractivity contribution >= 4 is 17.4 Å². The molecule has 3 rings (SSSR count). The van der Waals surface area contributed by atoms with E-state index in [0.29, 0.717) is 24.2 Å². The number of methoxy groups -OCH3 is 1. The number of benzene rings is 1. The summed E-state index contributed by atoms with van der Waals surface area (Å²) in [7, 11) is 1.36. The maximum absolute atomic E-state index is 12.7. The number of ketones is 1. The van der Waals surface area contributed by atoms with Crippen LogP contribution >= 0.6 is 0 Å². The standard InChI is InChI=1S/C19H20N2O3/c1-24-19(23)16-4-2-3-15(16)18(22)17-10-7-13(11-21-17)12-5-8-14(20)9-6-12/h5-11,15-16H,2-4,20H2,1H3/t15-,16-/m1/s1. The van der Waals surface area contributed by atoms with Crippen molar-refractivity contribution in [3.8, 4) is 11.1 Å². The zero-order chi connectivity index (χ0) is 17.1. The Balaban J connectivity index is 1.79. The molecule has 1 aromatic heterocycles. The molecule has 1 saturated carbocycles. The second kappa shape index (κ2) is 6.83. The van der Waals surface area contributed by atoms with Crippen LogP contribution in [0.15, 0.2) is 42.6 Å². The average Bonchev–Trinajstić information content (AvgIpc) is 3.11. The number of esters is 1. The number of ether oxygens (including phenoxy) is 1. The largest absolute Gasteiger partial charge is 0.469 e. The molecule has 2 atom stereocenters. The summed E-state index contributed by atoms with van der Waals surface area (Å²) < 4.78 is 4.82. The van der Waals surface area contributed by atoms with Crippen LogP contribution in [0.25, 0.3) is 11.1 Å². The fourth-order valence-electron chi connectivity index (χ4n) is 3.28. The zero-order valence-corrected chi connectivity index (χ0v) is 13.6. The number of hydrogen-bond acceptors (Lipinski definition) is 5. The summed E-state index contributed by atoms with van der Waals surface area (Å²) >= 11 is 0.